The second-order valence-electron chi connectivity index (χ2n) is 7.72. The predicted molar refractivity (Wildman–Crippen MR) is 148 cm³/mol. The van der Waals surface area contributed by atoms with Gasteiger partial charge in [-0.15, -0.1) is 0 Å². The topological polar surface area (TPSA) is 70.7 Å². The molecule has 0 aliphatic carbocycles. The van der Waals surface area contributed by atoms with Crippen LogP contribution in [0, 0.1) is 0 Å². The van der Waals surface area contributed by atoms with Gasteiger partial charge in [0.15, 0.2) is 5.11 Å². The van der Waals surface area contributed by atoms with E-state index in [2.05, 4.69) is 33.5 Å². The predicted octanol–water partition coefficient (Wildman–Crippen LogP) is 6.42. The molecule has 8 heteroatoms. The van der Waals surface area contributed by atoms with Crippen LogP contribution in [0.4, 0.5) is 11.4 Å². The zero-order valence-corrected chi connectivity index (χ0v) is 22.1. The van der Waals surface area contributed by atoms with E-state index in [0.717, 1.165) is 18.5 Å². The number of thiocarbonyl (C=S) groups is 1. The monoisotopic (exact) mass is 553 g/mol. The van der Waals surface area contributed by atoms with Gasteiger partial charge in [-0.2, -0.15) is 0 Å². The summed E-state index contributed by atoms with van der Waals surface area (Å²) < 4.78 is 6.41. The summed E-state index contributed by atoms with van der Waals surface area (Å²) in [6.07, 6.45) is 2.01. The Balaban J connectivity index is 1.58. The number of halogens is 1. The summed E-state index contributed by atoms with van der Waals surface area (Å²) in [5.41, 5.74) is 2.52. The molecule has 0 aliphatic heterocycles. The van der Waals surface area contributed by atoms with Crippen molar-refractivity contribution in [2.75, 3.05) is 23.4 Å². The average Bonchev–Trinajstić information content (AvgIpc) is 2.86. The number of rotatable bonds is 9. The number of nitrogens with one attached hydrogen (secondary N) is 2. The van der Waals surface area contributed by atoms with Crippen LogP contribution in [0.25, 0.3) is 0 Å². The molecule has 0 aromatic heterocycles. The Bertz CT molecular complexity index is 1170. The van der Waals surface area contributed by atoms with Crippen molar-refractivity contribution in [2.45, 2.75) is 26.7 Å². The lowest BCUT2D eigenvalue weighted by molar-refractivity contribution is 0.0973. The lowest BCUT2D eigenvalue weighted by atomic mass is 10.1. The maximum Gasteiger partial charge on any atom is 0.258 e. The van der Waals surface area contributed by atoms with E-state index in [1.807, 2.05) is 37.3 Å². The van der Waals surface area contributed by atoms with Gasteiger partial charge in [0.2, 0.25) is 0 Å². The van der Waals surface area contributed by atoms with Gasteiger partial charge in [-0.25, -0.2) is 0 Å². The number of ether oxygens (including phenoxy) is 1. The first-order valence-corrected chi connectivity index (χ1v) is 12.6. The van der Waals surface area contributed by atoms with Crippen LogP contribution < -0.4 is 20.3 Å². The van der Waals surface area contributed by atoms with E-state index in [4.69, 9.17) is 17.0 Å². The Labute approximate surface area is 219 Å². The van der Waals surface area contributed by atoms with Crippen molar-refractivity contribution in [3.8, 4) is 5.75 Å². The fourth-order valence-corrected chi connectivity index (χ4v) is 4.03. The third-order valence-corrected chi connectivity index (χ3v) is 6.02. The van der Waals surface area contributed by atoms with Gasteiger partial charge in [0, 0.05) is 29.0 Å². The fraction of sp³-hybridized carbons (Fsp3) is 0.222. The highest BCUT2D eigenvalue weighted by Gasteiger charge is 2.16. The van der Waals surface area contributed by atoms with Crippen molar-refractivity contribution in [1.29, 1.82) is 0 Å². The second-order valence-corrected chi connectivity index (χ2v) is 8.98. The van der Waals surface area contributed by atoms with Gasteiger partial charge < -0.3 is 15.0 Å². The minimum Gasteiger partial charge on any atom is -0.492 e. The molecular weight excluding hydrogens is 526 g/mol. The molecule has 2 N–H and O–H groups in total. The smallest absolute Gasteiger partial charge is 0.258 e. The van der Waals surface area contributed by atoms with Crippen LogP contribution >= 0.6 is 28.1 Å². The van der Waals surface area contributed by atoms with Crippen LogP contribution in [-0.4, -0.2) is 30.1 Å². The maximum atomic E-state index is 12.9. The molecule has 0 saturated carbocycles. The Kier molecular flexibility index (Phi) is 9.81. The van der Waals surface area contributed by atoms with E-state index in [1.165, 1.54) is 0 Å². The molecule has 0 unspecified atom stereocenters. The van der Waals surface area contributed by atoms with Crippen LogP contribution in [0.1, 0.15) is 47.4 Å². The zero-order chi connectivity index (χ0) is 25.2. The fourth-order valence-electron chi connectivity index (χ4n) is 3.33. The van der Waals surface area contributed by atoms with E-state index >= 15 is 0 Å². The molecule has 0 saturated heterocycles. The lowest BCUT2D eigenvalue weighted by Crippen LogP contribution is -2.34. The number of unbranched alkanes of at least 4 members (excludes halogenated alkanes) is 1. The summed E-state index contributed by atoms with van der Waals surface area (Å²) in [4.78, 5) is 27.3. The van der Waals surface area contributed by atoms with Gasteiger partial charge in [0.1, 0.15) is 5.75 Å². The van der Waals surface area contributed by atoms with Crippen molar-refractivity contribution >= 4 is 56.4 Å². The molecule has 0 aliphatic rings. The molecule has 3 rings (SSSR count). The number of hydrogen-bond acceptors (Lipinski definition) is 4. The minimum atomic E-state index is -0.337. The number of carbonyl (C=O) groups excluding carboxylic acids is 2. The Morgan fingerprint density at radius 1 is 0.971 bits per heavy atom. The van der Waals surface area contributed by atoms with Crippen LogP contribution in [0.15, 0.2) is 77.3 Å². The molecule has 35 heavy (non-hydrogen) atoms. The van der Waals surface area contributed by atoms with Gasteiger partial charge in [0.05, 0.1) is 11.1 Å². The molecular formula is C27H28BrN3O3S. The number of nitrogens with zero attached hydrogens (tertiary/aromatic N) is 1. The molecule has 0 heterocycles. The van der Waals surface area contributed by atoms with Crippen molar-refractivity contribution in [3.63, 3.8) is 0 Å². The summed E-state index contributed by atoms with van der Waals surface area (Å²) in [6.45, 7) is 5.22. The van der Waals surface area contributed by atoms with Crippen molar-refractivity contribution in [3.05, 3.63) is 88.4 Å². The summed E-state index contributed by atoms with van der Waals surface area (Å²) in [6, 6.07) is 21.7. The quantitative estimate of drug-likeness (QED) is 0.236. The standard InChI is InChI=1S/C27H28BrN3O3S/c1-3-5-17-34-24-16-13-20(18-23(24)28)25(32)30-27(35)29-21-14-11-19(12-15-21)26(33)31(4-2)22-9-7-6-8-10-22/h6-16,18H,3-5,17H2,1-2H3,(H2,29,30,32,35). The highest BCUT2D eigenvalue weighted by Crippen LogP contribution is 2.26. The van der Waals surface area contributed by atoms with Crippen LogP contribution in [0.5, 0.6) is 5.75 Å². The van der Waals surface area contributed by atoms with E-state index < -0.39 is 0 Å². The number of carbonyl (C=O) groups is 2. The largest absolute Gasteiger partial charge is 0.492 e. The van der Waals surface area contributed by atoms with Gasteiger partial charge in [0.25, 0.3) is 11.8 Å². The van der Waals surface area contributed by atoms with E-state index in [0.29, 0.717) is 40.2 Å². The minimum absolute atomic E-state index is 0.0890. The molecule has 0 spiro atoms. The zero-order valence-electron chi connectivity index (χ0n) is 19.7. The van der Waals surface area contributed by atoms with Crippen molar-refractivity contribution < 1.29 is 14.3 Å². The number of benzene rings is 3. The van der Waals surface area contributed by atoms with Crippen molar-refractivity contribution in [1.82, 2.24) is 5.32 Å². The third-order valence-electron chi connectivity index (χ3n) is 5.20. The molecule has 182 valence electrons. The number of para-hydroxylation sites is 1. The first kappa shape index (κ1) is 26.4. The highest BCUT2D eigenvalue weighted by molar-refractivity contribution is 9.10. The number of amides is 2. The molecule has 3 aromatic rings. The number of hydrogen-bond donors (Lipinski definition) is 2. The molecule has 0 atom stereocenters. The normalized spacial score (nSPS) is 10.4. The first-order valence-electron chi connectivity index (χ1n) is 11.4. The summed E-state index contributed by atoms with van der Waals surface area (Å²) in [5.74, 6) is 0.268. The number of anilines is 2. The summed E-state index contributed by atoms with van der Waals surface area (Å²) in [7, 11) is 0. The molecule has 6 nitrogen and oxygen atoms in total. The molecule has 0 radical (unpaired) electrons. The maximum absolute atomic E-state index is 12.9. The van der Waals surface area contributed by atoms with Gasteiger partial charge in [-0.1, -0.05) is 31.5 Å². The Morgan fingerprint density at radius 3 is 2.29 bits per heavy atom. The Morgan fingerprint density at radius 2 is 1.66 bits per heavy atom. The van der Waals surface area contributed by atoms with Gasteiger partial charge in [-0.3, -0.25) is 14.9 Å². The second kappa shape index (κ2) is 13.0. The molecule has 2 amide bonds. The molecule has 0 fully saturated rings. The molecule has 3 aromatic carbocycles. The lowest BCUT2D eigenvalue weighted by Gasteiger charge is -2.21. The highest BCUT2D eigenvalue weighted by atomic mass is 79.9. The van der Waals surface area contributed by atoms with Crippen molar-refractivity contribution in [2.24, 2.45) is 0 Å². The van der Waals surface area contributed by atoms with Crippen LogP contribution in [0.3, 0.4) is 0 Å². The SMILES string of the molecule is CCCCOc1ccc(C(=O)NC(=S)Nc2ccc(C(=O)N(CC)c3ccccc3)cc2)cc1Br. The summed E-state index contributed by atoms with van der Waals surface area (Å²) in [5, 5.41) is 5.82. The summed E-state index contributed by atoms with van der Waals surface area (Å²) >= 11 is 8.75. The van der Waals surface area contributed by atoms with Crippen LogP contribution in [0.2, 0.25) is 0 Å². The van der Waals surface area contributed by atoms with E-state index in [9.17, 15) is 9.59 Å². The molecule has 0 bridgehead atoms. The van der Waals surface area contributed by atoms with Crippen LogP contribution in [-0.2, 0) is 0 Å². The van der Waals surface area contributed by atoms with E-state index in [1.54, 1.807) is 47.4 Å². The Hall–Kier alpha value is -3.23. The van der Waals surface area contributed by atoms with E-state index in [-0.39, 0.29) is 16.9 Å². The average molecular weight is 555 g/mol. The first-order chi connectivity index (χ1) is 16.9. The van der Waals surface area contributed by atoms with Gasteiger partial charge >= 0.3 is 0 Å². The van der Waals surface area contributed by atoms with Gasteiger partial charge in [-0.05, 0) is 96.1 Å². The third kappa shape index (κ3) is 7.37.